The Balaban J connectivity index is 1.19. The number of benzene rings is 1. The largest absolute Gasteiger partial charge is 0.508 e. The van der Waals surface area contributed by atoms with E-state index in [1.807, 2.05) is 33.9 Å². The highest BCUT2D eigenvalue weighted by Gasteiger charge is 2.74. The third-order valence-corrected chi connectivity index (χ3v) is 13.2. The van der Waals surface area contributed by atoms with Crippen molar-refractivity contribution < 1.29 is 19.4 Å². The van der Waals surface area contributed by atoms with Crippen LogP contribution in [0.25, 0.3) is 0 Å². The van der Waals surface area contributed by atoms with E-state index in [1.165, 1.54) is 36.9 Å². The fourth-order valence-corrected chi connectivity index (χ4v) is 12.2. The van der Waals surface area contributed by atoms with Gasteiger partial charge in [-0.05, 0) is 120 Å². The molecule has 1 aromatic rings. The predicted octanol–water partition coefficient (Wildman–Crippen LogP) is 5.75. The summed E-state index contributed by atoms with van der Waals surface area (Å²) in [7, 11) is 2.04. The Morgan fingerprint density at radius 2 is 1.93 bits per heavy atom. The molecule has 7 nitrogen and oxygen atoms in total. The van der Waals surface area contributed by atoms with Gasteiger partial charge in [-0.3, -0.25) is 9.69 Å². The van der Waals surface area contributed by atoms with E-state index in [0.717, 1.165) is 51.0 Å². The molecule has 5 fully saturated rings. The Hall–Kier alpha value is -1.55. The molecule has 0 spiro atoms. The molecular formula is C34H48IN3O4. The molecule has 6 aliphatic rings. The van der Waals surface area contributed by atoms with Gasteiger partial charge in [0.2, 0.25) is 5.91 Å². The zero-order chi connectivity index (χ0) is 29.6. The van der Waals surface area contributed by atoms with Gasteiger partial charge in [0.1, 0.15) is 11.4 Å². The van der Waals surface area contributed by atoms with Crippen molar-refractivity contribution >= 4 is 34.6 Å². The minimum Gasteiger partial charge on any atom is -0.508 e. The van der Waals surface area contributed by atoms with E-state index in [9.17, 15) is 14.7 Å². The molecule has 8 heteroatoms. The molecule has 2 aliphatic heterocycles. The first-order valence-electron chi connectivity index (χ1n) is 16.4. The van der Waals surface area contributed by atoms with Crippen molar-refractivity contribution in [2.24, 2.45) is 23.2 Å². The summed E-state index contributed by atoms with van der Waals surface area (Å²) in [6.45, 7) is 9.11. The number of phenols is 1. The summed E-state index contributed by atoms with van der Waals surface area (Å²) < 4.78 is 6.13. The second kappa shape index (κ2) is 10.2. The Labute approximate surface area is 264 Å². The maximum atomic E-state index is 14.2. The zero-order valence-corrected chi connectivity index (χ0v) is 27.9. The lowest BCUT2D eigenvalue weighted by atomic mass is 9.43. The van der Waals surface area contributed by atoms with Crippen LogP contribution in [0.5, 0.6) is 5.75 Å². The number of hydrogen-bond donors (Lipinski definition) is 1. The number of ether oxygens (including phenoxy) is 1. The molecule has 4 bridgehead atoms. The van der Waals surface area contributed by atoms with E-state index in [4.69, 9.17) is 4.74 Å². The standard InChI is InChI=1S/C34H48IN3O4/c1-32(2,3)42-31(41)38-14-5-6-23(20-38)30(40)36(4)27-11-12-33-18-26(35)29(27)34(33)13-15-37(19-21-7-8-21)28(33)16-22-9-10-24(39)17-25(22)34/h9-10,17,21,23,26-29,39H,5-8,11-16,18-20H2,1-4H3/t23-,26-,27?,28?,29?,33?,34?/m0/s1. The van der Waals surface area contributed by atoms with Gasteiger partial charge in [0.25, 0.3) is 0 Å². The lowest BCUT2D eigenvalue weighted by Gasteiger charge is -2.67. The van der Waals surface area contributed by atoms with Gasteiger partial charge >= 0.3 is 6.09 Å². The number of carbonyl (C=O) groups is 2. The van der Waals surface area contributed by atoms with Crippen molar-refractivity contribution in [3.05, 3.63) is 29.3 Å². The number of halogens is 1. The Morgan fingerprint density at radius 3 is 2.67 bits per heavy atom. The second-order valence-electron chi connectivity index (χ2n) is 15.4. The molecule has 3 saturated carbocycles. The van der Waals surface area contributed by atoms with E-state index >= 15 is 0 Å². The highest BCUT2D eigenvalue weighted by molar-refractivity contribution is 14.1. The number of rotatable bonds is 4. The number of aromatic hydroxyl groups is 1. The lowest BCUT2D eigenvalue weighted by Crippen LogP contribution is -2.70. The monoisotopic (exact) mass is 689 g/mol. The van der Waals surface area contributed by atoms with Crippen LogP contribution in [0.4, 0.5) is 4.79 Å². The summed E-state index contributed by atoms with van der Waals surface area (Å²) >= 11 is 2.73. The first-order valence-corrected chi connectivity index (χ1v) is 17.6. The summed E-state index contributed by atoms with van der Waals surface area (Å²) in [5.74, 6) is 1.60. The molecular weight excluding hydrogens is 641 g/mol. The van der Waals surface area contributed by atoms with Crippen molar-refractivity contribution in [1.82, 2.24) is 14.7 Å². The molecule has 1 N–H and O–H groups in total. The van der Waals surface area contributed by atoms with Crippen LogP contribution in [0.2, 0.25) is 0 Å². The van der Waals surface area contributed by atoms with E-state index < -0.39 is 5.60 Å². The smallest absolute Gasteiger partial charge is 0.410 e. The number of phenolic OH excluding ortho intramolecular Hbond substituents is 1. The molecule has 42 heavy (non-hydrogen) atoms. The van der Waals surface area contributed by atoms with Gasteiger partial charge in [0, 0.05) is 54.0 Å². The molecule has 2 heterocycles. The summed E-state index contributed by atoms with van der Waals surface area (Å²) in [5, 5.41) is 10.8. The predicted molar refractivity (Wildman–Crippen MR) is 171 cm³/mol. The highest BCUT2D eigenvalue weighted by Crippen LogP contribution is 2.73. The van der Waals surface area contributed by atoms with Crippen LogP contribution in [0.1, 0.15) is 83.3 Å². The summed E-state index contributed by atoms with van der Waals surface area (Å²) in [6, 6.07) is 6.89. The third kappa shape index (κ3) is 4.50. The van der Waals surface area contributed by atoms with Crippen molar-refractivity contribution in [1.29, 1.82) is 0 Å². The van der Waals surface area contributed by atoms with Crippen molar-refractivity contribution in [2.45, 2.75) is 106 Å². The van der Waals surface area contributed by atoms with Crippen LogP contribution >= 0.6 is 22.6 Å². The van der Waals surface area contributed by atoms with Crippen LogP contribution in [0, 0.1) is 23.2 Å². The average Bonchev–Trinajstić information content (AvgIpc) is 3.74. The summed E-state index contributed by atoms with van der Waals surface area (Å²) in [6.07, 6.45) is 9.67. The molecule has 5 unspecified atom stereocenters. The first-order chi connectivity index (χ1) is 19.9. The van der Waals surface area contributed by atoms with Crippen molar-refractivity contribution in [2.75, 3.05) is 33.2 Å². The fourth-order valence-electron chi connectivity index (χ4n) is 10.3. The minimum absolute atomic E-state index is 0.0114. The Morgan fingerprint density at radius 1 is 1.14 bits per heavy atom. The topological polar surface area (TPSA) is 73.3 Å². The third-order valence-electron chi connectivity index (χ3n) is 12.0. The molecule has 2 amide bonds. The highest BCUT2D eigenvalue weighted by atomic mass is 127. The number of likely N-dealkylation sites (tertiary alicyclic amines) is 2. The number of piperidine rings is 2. The number of alkyl halides is 1. The van der Waals surface area contributed by atoms with Gasteiger partial charge in [-0.1, -0.05) is 28.7 Å². The van der Waals surface area contributed by atoms with E-state index in [2.05, 4.69) is 44.5 Å². The van der Waals surface area contributed by atoms with Gasteiger partial charge in [0.05, 0.1) is 5.92 Å². The maximum absolute atomic E-state index is 14.2. The molecule has 7 rings (SSSR count). The number of carbonyl (C=O) groups excluding carboxylic acids is 2. The molecule has 230 valence electrons. The lowest BCUT2D eigenvalue weighted by molar-refractivity contribution is -0.146. The number of fused-ring (bicyclic) bond motifs is 1. The van der Waals surface area contributed by atoms with Gasteiger partial charge in [-0.25, -0.2) is 4.79 Å². The van der Waals surface area contributed by atoms with E-state index in [-0.39, 0.29) is 34.8 Å². The SMILES string of the molecule is CN(C(=O)[C@H]1CCCN(C(=O)OC(C)(C)C)C1)C1CCC23C[C@H](I)C1C21CCN(CC2CC2)C3Cc2ccc(O)cc21. The van der Waals surface area contributed by atoms with Gasteiger partial charge in [-0.2, -0.15) is 0 Å². The fraction of sp³-hybridized carbons (Fsp3) is 0.765. The van der Waals surface area contributed by atoms with Gasteiger partial charge < -0.3 is 19.6 Å². The Kier molecular flexibility index (Phi) is 7.12. The van der Waals surface area contributed by atoms with Crippen LogP contribution < -0.4 is 0 Å². The van der Waals surface area contributed by atoms with Crippen LogP contribution in [-0.4, -0.2) is 86.6 Å². The minimum atomic E-state index is -0.548. The van der Waals surface area contributed by atoms with Gasteiger partial charge in [0.15, 0.2) is 0 Å². The van der Waals surface area contributed by atoms with Gasteiger partial charge in [-0.15, -0.1) is 0 Å². The average molecular weight is 690 g/mol. The number of hydrogen-bond acceptors (Lipinski definition) is 5. The molecule has 1 aromatic carbocycles. The van der Waals surface area contributed by atoms with Crippen LogP contribution in [0.3, 0.4) is 0 Å². The van der Waals surface area contributed by atoms with E-state index in [1.54, 1.807) is 4.90 Å². The van der Waals surface area contributed by atoms with Crippen molar-refractivity contribution in [3.8, 4) is 5.75 Å². The number of amides is 2. The maximum Gasteiger partial charge on any atom is 0.410 e. The normalized spacial score (nSPS) is 37.5. The summed E-state index contributed by atoms with van der Waals surface area (Å²) in [4.78, 5) is 33.8. The molecule has 0 radical (unpaired) electrons. The van der Waals surface area contributed by atoms with Crippen molar-refractivity contribution in [3.63, 3.8) is 0 Å². The molecule has 2 saturated heterocycles. The van der Waals surface area contributed by atoms with Crippen LogP contribution in [0.15, 0.2) is 18.2 Å². The quantitative estimate of drug-likeness (QED) is 0.322. The first kappa shape index (κ1) is 29.2. The van der Waals surface area contributed by atoms with Crippen LogP contribution in [-0.2, 0) is 21.4 Å². The molecule has 4 aliphatic carbocycles. The number of nitrogens with zero attached hydrogens (tertiary/aromatic N) is 3. The van der Waals surface area contributed by atoms with E-state index in [0.29, 0.717) is 34.7 Å². The second-order valence-corrected chi connectivity index (χ2v) is 17.0. The molecule has 0 aromatic heterocycles. The molecule has 7 atom stereocenters. The Bertz CT molecular complexity index is 1260. The zero-order valence-electron chi connectivity index (χ0n) is 25.8. The summed E-state index contributed by atoms with van der Waals surface area (Å²) in [5.41, 5.74) is 2.44.